The number of rotatable bonds is 5. The van der Waals surface area contributed by atoms with Crippen LogP contribution < -0.4 is 10.1 Å². The molecule has 9 nitrogen and oxygen atoms in total. The number of likely N-dealkylation sites (tertiary alicyclic amines) is 1. The molecule has 5 rings (SSSR count). The number of hydrogen-bond donors (Lipinski definition) is 2. The van der Waals surface area contributed by atoms with Gasteiger partial charge in [0.2, 0.25) is 0 Å². The lowest BCUT2D eigenvalue weighted by molar-refractivity contribution is -0.146. The van der Waals surface area contributed by atoms with Gasteiger partial charge in [-0.1, -0.05) is 0 Å². The van der Waals surface area contributed by atoms with Crippen LogP contribution in [0.2, 0.25) is 0 Å². The summed E-state index contributed by atoms with van der Waals surface area (Å²) >= 11 is 0. The van der Waals surface area contributed by atoms with Crippen LogP contribution in [0.3, 0.4) is 0 Å². The minimum absolute atomic E-state index is 0.00965. The Morgan fingerprint density at radius 2 is 1.91 bits per heavy atom. The first-order valence-corrected chi connectivity index (χ1v) is 12.1. The molecule has 1 aromatic carbocycles. The number of nitrogens with zero attached hydrogens (tertiary/aromatic N) is 3. The van der Waals surface area contributed by atoms with Crippen LogP contribution in [-0.4, -0.2) is 70.8 Å². The second-order valence-electron chi connectivity index (χ2n) is 10.0. The van der Waals surface area contributed by atoms with Crippen LogP contribution in [0.25, 0.3) is 0 Å². The van der Waals surface area contributed by atoms with Gasteiger partial charge in [-0.15, -0.1) is 0 Å². The molecule has 1 aromatic heterocycles. The number of aromatic amines is 1. The fraction of sp³-hybridized carbons (Fsp3) is 0.560. The van der Waals surface area contributed by atoms with E-state index in [2.05, 4.69) is 27.5 Å². The molecule has 182 valence electrons. The van der Waals surface area contributed by atoms with E-state index in [0.29, 0.717) is 24.5 Å². The smallest absolute Gasteiger partial charge is 0.256 e. The van der Waals surface area contributed by atoms with Crippen LogP contribution in [0.5, 0.6) is 5.75 Å². The standard InChI is InChI=1S/C25H33N5O4/c1-25(2)21-19(15-30(25)24(32)20-5-4-14-33-20)22(28-27-21)26-23(31)16-6-8-17(9-7-16)34-18-10-12-29(3)13-11-18/h6-9,18,20H,4-5,10-15H2,1-3H3,(H2,26,27,28,31)/t20-/m1/s1. The second kappa shape index (κ2) is 9.03. The fourth-order valence-corrected chi connectivity index (χ4v) is 5.08. The number of benzene rings is 1. The molecule has 0 radical (unpaired) electrons. The molecule has 3 aliphatic heterocycles. The number of carbonyl (C=O) groups excluding carboxylic acids is 2. The third-order valence-electron chi connectivity index (χ3n) is 7.26. The summed E-state index contributed by atoms with van der Waals surface area (Å²) in [5.74, 6) is 0.977. The summed E-state index contributed by atoms with van der Waals surface area (Å²) in [6.45, 7) is 7.05. The molecule has 0 aliphatic carbocycles. The predicted octanol–water partition coefficient (Wildman–Crippen LogP) is 2.89. The van der Waals surface area contributed by atoms with Gasteiger partial charge in [-0.25, -0.2) is 0 Å². The normalized spacial score (nSPS) is 22.6. The second-order valence-corrected chi connectivity index (χ2v) is 10.0. The molecule has 2 amide bonds. The van der Waals surface area contributed by atoms with Gasteiger partial charge in [0.05, 0.1) is 17.8 Å². The monoisotopic (exact) mass is 467 g/mol. The minimum atomic E-state index is -0.554. The molecule has 2 fully saturated rings. The van der Waals surface area contributed by atoms with E-state index in [0.717, 1.165) is 55.8 Å². The summed E-state index contributed by atoms with van der Waals surface area (Å²) in [6.07, 6.45) is 3.49. The largest absolute Gasteiger partial charge is 0.490 e. The van der Waals surface area contributed by atoms with Gasteiger partial charge < -0.3 is 24.6 Å². The summed E-state index contributed by atoms with van der Waals surface area (Å²) < 4.78 is 11.7. The highest BCUT2D eigenvalue weighted by molar-refractivity contribution is 6.04. The van der Waals surface area contributed by atoms with Crippen molar-refractivity contribution < 1.29 is 19.1 Å². The SMILES string of the molecule is CN1CCC(Oc2ccc(C(=O)Nc3n[nH]c4c3CN(C(=O)[C@H]3CCCO3)C4(C)C)cc2)CC1. The Labute approximate surface area is 199 Å². The first-order valence-electron chi connectivity index (χ1n) is 12.1. The third-order valence-corrected chi connectivity index (χ3v) is 7.26. The minimum Gasteiger partial charge on any atom is -0.490 e. The quantitative estimate of drug-likeness (QED) is 0.702. The molecule has 2 aromatic rings. The van der Waals surface area contributed by atoms with Crippen LogP contribution in [0.15, 0.2) is 24.3 Å². The number of carbonyl (C=O) groups is 2. The van der Waals surface area contributed by atoms with Crippen molar-refractivity contribution in [3.8, 4) is 5.75 Å². The van der Waals surface area contributed by atoms with Crippen molar-refractivity contribution in [3.05, 3.63) is 41.1 Å². The zero-order valence-corrected chi connectivity index (χ0v) is 20.1. The van der Waals surface area contributed by atoms with Gasteiger partial charge in [0.1, 0.15) is 18.0 Å². The molecule has 9 heteroatoms. The van der Waals surface area contributed by atoms with E-state index in [1.54, 1.807) is 12.1 Å². The van der Waals surface area contributed by atoms with Gasteiger partial charge in [-0.2, -0.15) is 5.10 Å². The lowest BCUT2D eigenvalue weighted by atomic mass is 10.00. The topological polar surface area (TPSA) is 99.8 Å². The molecule has 0 spiro atoms. The molecule has 0 unspecified atom stereocenters. The third kappa shape index (κ3) is 4.30. The summed E-state index contributed by atoms with van der Waals surface area (Å²) in [5, 5.41) is 10.3. The molecule has 0 saturated carbocycles. The van der Waals surface area contributed by atoms with Crippen molar-refractivity contribution in [2.75, 3.05) is 32.1 Å². The molecular formula is C25H33N5O4. The maximum Gasteiger partial charge on any atom is 0.256 e. The Bertz CT molecular complexity index is 1050. The lowest BCUT2D eigenvalue weighted by Crippen LogP contribution is -2.45. The number of H-pyrrole nitrogens is 1. The van der Waals surface area contributed by atoms with Crippen LogP contribution in [0.4, 0.5) is 5.82 Å². The van der Waals surface area contributed by atoms with Crippen molar-refractivity contribution in [2.24, 2.45) is 0 Å². The zero-order valence-electron chi connectivity index (χ0n) is 20.1. The van der Waals surface area contributed by atoms with Crippen LogP contribution in [-0.2, 0) is 21.6 Å². The average Bonchev–Trinajstić information content (AvgIpc) is 3.54. The van der Waals surface area contributed by atoms with Crippen molar-refractivity contribution >= 4 is 17.6 Å². The molecular weight excluding hydrogens is 434 g/mol. The van der Waals surface area contributed by atoms with Gasteiger partial charge in [0.15, 0.2) is 5.82 Å². The lowest BCUT2D eigenvalue weighted by Gasteiger charge is -2.33. The number of ether oxygens (including phenoxy) is 2. The fourth-order valence-electron chi connectivity index (χ4n) is 5.08. The highest BCUT2D eigenvalue weighted by Gasteiger charge is 2.46. The van der Waals surface area contributed by atoms with E-state index < -0.39 is 5.54 Å². The number of anilines is 1. The number of aromatic nitrogens is 2. The number of hydrogen-bond acceptors (Lipinski definition) is 6. The van der Waals surface area contributed by atoms with Gasteiger partial charge >= 0.3 is 0 Å². The summed E-state index contributed by atoms with van der Waals surface area (Å²) in [4.78, 5) is 30.1. The molecule has 0 bridgehead atoms. The summed E-state index contributed by atoms with van der Waals surface area (Å²) in [5.41, 5.74) is 1.65. The first-order chi connectivity index (χ1) is 16.3. The Balaban J connectivity index is 1.24. The highest BCUT2D eigenvalue weighted by atomic mass is 16.5. The maximum absolute atomic E-state index is 13.0. The maximum atomic E-state index is 13.0. The summed E-state index contributed by atoms with van der Waals surface area (Å²) in [7, 11) is 2.12. The molecule has 2 N–H and O–H groups in total. The van der Waals surface area contributed by atoms with E-state index in [1.165, 1.54) is 0 Å². The van der Waals surface area contributed by atoms with Gasteiger partial charge in [0, 0.05) is 30.8 Å². The van der Waals surface area contributed by atoms with Crippen molar-refractivity contribution in [3.63, 3.8) is 0 Å². The summed E-state index contributed by atoms with van der Waals surface area (Å²) in [6, 6.07) is 7.22. The van der Waals surface area contributed by atoms with Gasteiger partial charge in [-0.3, -0.25) is 14.7 Å². The zero-order chi connectivity index (χ0) is 23.9. The van der Waals surface area contributed by atoms with E-state index in [1.807, 2.05) is 30.9 Å². The highest BCUT2D eigenvalue weighted by Crippen LogP contribution is 2.41. The number of amides is 2. The molecule has 1 atom stereocenters. The van der Waals surface area contributed by atoms with Crippen LogP contribution >= 0.6 is 0 Å². The van der Waals surface area contributed by atoms with Crippen molar-refractivity contribution in [1.82, 2.24) is 20.0 Å². The van der Waals surface area contributed by atoms with Gasteiger partial charge in [0.25, 0.3) is 11.8 Å². The Morgan fingerprint density at radius 1 is 1.18 bits per heavy atom. The van der Waals surface area contributed by atoms with E-state index in [9.17, 15) is 9.59 Å². The first kappa shape index (κ1) is 22.9. The molecule has 34 heavy (non-hydrogen) atoms. The van der Waals surface area contributed by atoms with Gasteiger partial charge in [-0.05, 0) is 70.8 Å². The Hall–Kier alpha value is -2.91. The average molecular weight is 468 g/mol. The number of piperidine rings is 1. The Morgan fingerprint density at radius 3 is 2.59 bits per heavy atom. The number of fused-ring (bicyclic) bond motifs is 1. The molecule has 3 aliphatic rings. The Kier molecular flexibility index (Phi) is 6.07. The predicted molar refractivity (Wildman–Crippen MR) is 127 cm³/mol. The van der Waals surface area contributed by atoms with Crippen molar-refractivity contribution in [1.29, 1.82) is 0 Å². The van der Waals surface area contributed by atoms with E-state index >= 15 is 0 Å². The van der Waals surface area contributed by atoms with Crippen LogP contribution in [0, 0.1) is 0 Å². The van der Waals surface area contributed by atoms with Crippen LogP contribution in [0.1, 0.15) is 61.1 Å². The van der Waals surface area contributed by atoms with Crippen molar-refractivity contribution in [2.45, 2.75) is 63.8 Å². The number of nitrogens with one attached hydrogen (secondary N) is 2. The molecule has 2 saturated heterocycles. The van der Waals surface area contributed by atoms with E-state index in [-0.39, 0.29) is 24.0 Å². The molecule has 4 heterocycles. The van der Waals surface area contributed by atoms with E-state index in [4.69, 9.17) is 9.47 Å².